The van der Waals surface area contributed by atoms with E-state index in [0.29, 0.717) is 37.8 Å². The van der Waals surface area contributed by atoms with E-state index in [4.69, 9.17) is 9.47 Å². The van der Waals surface area contributed by atoms with Crippen LogP contribution >= 0.6 is 0 Å². The van der Waals surface area contributed by atoms with E-state index in [9.17, 15) is 13.2 Å². The fourth-order valence-electron chi connectivity index (χ4n) is 3.87. The van der Waals surface area contributed by atoms with Gasteiger partial charge in [0.25, 0.3) is 0 Å². The van der Waals surface area contributed by atoms with Gasteiger partial charge in [0.1, 0.15) is 13.2 Å². The van der Waals surface area contributed by atoms with Crippen LogP contribution in [0, 0.1) is 0 Å². The molecular formula is C23H28N2O5S. The van der Waals surface area contributed by atoms with Crippen molar-refractivity contribution in [2.75, 3.05) is 51.7 Å². The predicted molar refractivity (Wildman–Crippen MR) is 117 cm³/mol. The summed E-state index contributed by atoms with van der Waals surface area (Å²) in [5.41, 5.74) is 1.31. The molecule has 0 N–H and O–H groups in total. The van der Waals surface area contributed by atoms with Gasteiger partial charge < -0.3 is 14.4 Å². The molecule has 0 unspecified atom stereocenters. The lowest BCUT2D eigenvalue weighted by molar-refractivity contribution is -0.132. The van der Waals surface area contributed by atoms with Crippen molar-refractivity contribution in [2.24, 2.45) is 0 Å². The summed E-state index contributed by atoms with van der Waals surface area (Å²) in [6.07, 6.45) is 0.976. The van der Waals surface area contributed by atoms with Crippen LogP contribution < -0.4 is 9.47 Å². The molecule has 31 heavy (non-hydrogen) atoms. The first kappa shape index (κ1) is 21.6. The molecule has 2 heterocycles. The Bertz CT molecular complexity index is 1000. The van der Waals surface area contributed by atoms with Crippen molar-refractivity contribution < 1.29 is 22.7 Å². The molecule has 0 saturated carbocycles. The van der Waals surface area contributed by atoms with Gasteiger partial charge in [0.05, 0.1) is 10.6 Å². The molecular weight excluding hydrogens is 416 g/mol. The summed E-state index contributed by atoms with van der Waals surface area (Å²) in [5.74, 6) is 0.667. The Morgan fingerprint density at radius 3 is 2.35 bits per heavy atom. The van der Waals surface area contributed by atoms with E-state index in [1.54, 1.807) is 11.0 Å². The van der Waals surface area contributed by atoms with Gasteiger partial charge in [-0.05, 0) is 24.1 Å². The summed E-state index contributed by atoms with van der Waals surface area (Å²) in [4.78, 5) is 16.9. The minimum absolute atomic E-state index is 0.0131. The van der Waals surface area contributed by atoms with Gasteiger partial charge in [0.2, 0.25) is 5.91 Å². The van der Waals surface area contributed by atoms with Crippen LogP contribution in [0.4, 0.5) is 0 Å². The second-order valence-corrected chi connectivity index (χ2v) is 9.94. The molecule has 1 saturated heterocycles. The average Bonchev–Trinajstić information content (AvgIpc) is 2.82. The van der Waals surface area contributed by atoms with Gasteiger partial charge in [-0.15, -0.1) is 0 Å². The number of carbonyl (C=O) groups is 1. The Morgan fingerprint density at radius 1 is 0.903 bits per heavy atom. The van der Waals surface area contributed by atoms with Crippen LogP contribution in [0.2, 0.25) is 0 Å². The van der Waals surface area contributed by atoms with Crippen LogP contribution in [0.25, 0.3) is 0 Å². The highest BCUT2D eigenvalue weighted by molar-refractivity contribution is 7.91. The number of carbonyl (C=O) groups excluding carboxylic acids is 1. The second kappa shape index (κ2) is 9.70. The van der Waals surface area contributed by atoms with E-state index in [0.717, 1.165) is 26.1 Å². The quantitative estimate of drug-likeness (QED) is 0.650. The fourth-order valence-corrected chi connectivity index (χ4v) is 5.11. The van der Waals surface area contributed by atoms with Crippen LogP contribution in [0.3, 0.4) is 0 Å². The highest BCUT2D eigenvalue weighted by Gasteiger charge is 2.24. The summed E-state index contributed by atoms with van der Waals surface area (Å²) >= 11 is 0. The Kier molecular flexibility index (Phi) is 6.77. The number of piperazine rings is 1. The fraction of sp³-hybridized carbons (Fsp3) is 0.435. The standard InChI is InChI=1S/C23H28N2O5S/c26-23(25-13-11-24(12-14-25)10-8-19-4-2-1-3-5-19)9-17-31(27,28)20-6-7-21-22(18-20)30-16-15-29-21/h1-7,18H,8-17H2. The molecule has 8 heteroatoms. The molecule has 4 rings (SSSR count). The Balaban J connectivity index is 1.24. The Labute approximate surface area is 183 Å². The number of nitrogens with zero attached hydrogens (tertiary/aromatic N) is 2. The van der Waals surface area contributed by atoms with Crippen molar-refractivity contribution in [2.45, 2.75) is 17.7 Å². The lowest BCUT2D eigenvalue weighted by Gasteiger charge is -2.34. The van der Waals surface area contributed by atoms with E-state index in [-0.39, 0.29) is 23.0 Å². The Morgan fingerprint density at radius 2 is 1.61 bits per heavy atom. The van der Waals surface area contributed by atoms with Crippen molar-refractivity contribution in [1.82, 2.24) is 9.80 Å². The lowest BCUT2D eigenvalue weighted by atomic mass is 10.1. The number of amides is 1. The van der Waals surface area contributed by atoms with Gasteiger partial charge in [-0.3, -0.25) is 9.69 Å². The first-order valence-electron chi connectivity index (χ1n) is 10.7. The first-order valence-corrected chi connectivity index (χ1v) is 12.3. The minimum atomic E-state index is -3.57. The van der Waals surface area contributed by atoms with Crippen LogP contribution in [-0.2, 0) is 21.1 Å². The van der Waals surface area contributed by atoms with Gasteiger partial charge in [0.15, 0.2) is 21.3 Å². The van der Waals surface area contributed by atoms with Gasteiger partial charge in [0, 0.05) is 45.2 Å². The molecule has 0 aliphatic carbocycles. The molecule has 2 aromatic carbocycles. The zero-order chi connectivity index (χ0) is 21.7. The SMILES string of the molecule is O=C(CCS(=O)(=O)c1ccc2c(c1)OCCO2)N1CCN(CCc2ccccc2)CC1. The normalized spacial score (nSPS) is 16.8. The molecule has 0 radical (unpaired) electrons. The smallest absolute Gasteiger partial charge is 0.223 e. The van der Waals surface area contributed by atoms with Crippen LogP contribution in [0.1, 0.15) is 12.0 Å². The minimum Gasteiger partial charge on any atom is -0.486 e. The maximum atomic E-state index is 12.7. The number of sulfone groups is 1. The third kappa shape index (κ3) is 5.57. The maximum absolute atomic E-state index is 12.7. The molecule has 1 amide bonds. The van der Waals surface area contributed by atoms with Crippen LogP contribution in [0.5, 0.6) is 11.5 Å². The third-order valence-electron chi connectivity index (χ3n) is 5.74. The molecule has 2 aliphatic rings. The molecule has 2 aliphatic heterocycles. The summed E-state index contributed by atoms with van der Waals surface area (Å²) in [5, 5.41) is 0. The van der Waals surface area contributed by atoms with Crippen LogP contribution in [0.15, 0.2) is 53.4 Å². The molecule has 0 bridgehead atoms. The number of ether oxygens (including phenoxy) is 2. The molecule has 1 fully saturated rings. The summed E-state index contributed by atoms with van der Waals surface area (Å²) in [6, 6.07) is 15.0. The van der Waals surface area contributed by atoms with E-state index in [2.05, 4.69) is 17.0 Å². The largest absolute Gasteiger partial charge is 0.486 e. The molecule has 0 atom stereocenters. The van der Waals surface area contributed by atoms with Crippen molar-refractivity contribution in [3.05, 3.63) is 54.1 Å². The summed E-state index contributed by atoms with van der Waals surface area (Å²) < 4.78 is 36.3. The first-order chi connectivity index (χ1) is 15.0. The summed E-state index contributed by atoms with van der Waals surface area (Å²) in [6.45, 7) is 4.71. The maximum Gasteiger partial charge on any atom is 0.223 e. The van der Waals surface area contributed by atoms with Gasteiger partial charge in [-0.2, -0.15) is 0 Å². The van der Waals surface area contributed by atoms with Gasteiger partial charge in [-0.25, -0.2) is 8.42 Å². The molecule has 2 aromatic rings. The van der Waals surface area contributed by atoms with Crippen molar-refractivity contribution in [3.63, 3.8) is 0 Å². The van der Waals surface area contributed by atoms with E-state index in [1.165, 1.54) is 17.7 Å². The number of hydrogen-bond acceptors (Lipinski definition) is 6. The van der Waals surface area contributed by atoms with Crippen molar-refractivity contribution in [3.8, 4) is 11.5 Å². The number of rotatable bonds is 7. The monoisotopic (exact) mass is 444 g/mol. The second-order valence-electron chi connectivity index (χ2n) is 7.83. The number of benzene rings is 2. The Hall–Kier alpha value is -2.58. The lowest BCUT2D eigenvalue weighted by Crippen LogP contribution is -2.49. The molecule has 7 nitrogen and oxygen atoms in total. The predicted octanol–water partition coefficient (Wildman–Crippen LogP) is 2.01. The van der Waals surface area contributed by atoms with Crippen LogP contribution in [-0.4, -0.2) is 75.8 Å². The van der Waals surface area contributed by atoms with Gasteiger partial charge >= 0.3 is 0 Å². The highest BCUT2D eigenvalue weighted by atomic mass is 32.2. The zero-order valence-electron chi connectivity index (χ0n) is 17.5. The number of fused-ring (bicyclic) bond motifs is 1. The molecule has 166 valence electrons. The van der Waals surface area contributed by atoms with E-state index < -0.39 is 9.84 Å². The number of hydrogen-bond donors (Lipinski definition) is 0. The topological polar surface area (TPSA) is 76.1 Å². The average molecular weight is 445 g/mol. The van der Waals surface area contributed by atoms with Crippen molar-refractivity contribution >= 4 is 15.7 Å². The van der Waals surface area contributed by atoms with E-state index >= 15 is 0 Å². The molecule has 0 spiro atoms. The van der Waals surface area contributed by atoms with Crippen molar-refractivity contribution in [1.29, 1.82) is 0 Å². The van der Waals surface area contributed by atoms with Gasteiger partial charge in [-0.1, -0.05) is 30.3 Å². The third-order valence-corrected chi connectivity index (χ3v) is 7.46. The highest BCUT2D eigenvalue weighted by Crippen LogP contribution is 2.32. The van der Waals surface area contributed by atoms with E-state index in [1.807, 2.05) is 18.2 Å². The summed E-state index contributed by atoms with van der Waals surface area (Å²) in [7, 11) is -3.57. The zero-order valence-corrected chi connectivity index (χ0v) is 18.4. The molecule has 0 aromatic heterocycles.